The third-order valence-corrected chi connectivity index (χ3v) is 3.01. The van der Waals surface area contributed by atoms with Crippen molar-refractivity contribution in [2.24, 2.45) is 0 Å². The van der Waals surface area contributed by atoms with Crippen LogP contribution in [0.25, 0.3) is 6.08 Å². The zero-order valence-electron chi connectivity index (χ0n) is 9.48. The monoisotopic (exact) mass is 215 g/mol. The van der Waals surface area contributed by atoms with E-state index in [2.05, 4.69) is 6.58 Å². The van der Waals surface area contributed by atoms with E-state index in [-0.39, 0.29) is 5.91 Å². The quantitative estimate of drug-likeness (QED) is 0.742. The van der Waals surface area contributed by atoms with Gasteiger partial charge in [-0.25, -0.2) is 0 Å². The first-order chi connectivity index (χ1) is 7.81. The maximum absolute atomic E-state index is 12.2. The SMILES string of the molecule is C=Cc1cccc(C(=O)N2CCCCC2)c1. The van der Waals surface area contributed by atoms with Crippen molar-refractivity contribution in [1.82, 2.24) is 4.90 Å². The van der Waals surface area contributed by atoms with E-state index in [1.165, 1.54) is 6.42 Å². The van der Waals surface area contributed by atoms with Crippen molar-refractivity contribution < 1.29 is 4.79 Å². The molecule has 1 amide bonds. The third kappa shape index (κ3) is 2.32. The van der Waals surface area contributed by atoms with E-state index in [0.29, 0.717) is 0 Å². The van der Waals surface area contributed by atoms with Gasteiger partial charge in [-0.1, -0.05) is 24.8 Å². The van der Waals surface area contributed by atoms with Gasteiger partial charge < -0.3 is 4.90 Å². The van der Waals surface area contributed by atoms with E-state index < -0.39 is 0 Å². The van der Waals surface area contributed by atoms with Gasteiger partial charge in [-0.05, 0) is 37.0 Å². The Morgan fingerprint density at radius 3 is 2.69 bits per heavy atom. The van der Waals surface area contributed by atoms with Crippen molar-refractivity contribution in [3.05, 3.63) is 42.0 Å². The molecule has 0 N–H and O–H groups in total. The fraction of sp³-hybridized carbons (Fsp3) is 0.357. The van der Waals surface area contributed by atoms with Crippen LogP contribution in [0, 0.1) is 0 Å². The van der Waals surface area contributed by atoms with Crippen molar-refractivity contribution in [3.8, 4) is 0 Å². The van der Waals surface area contributed by atoms with Crippen LogP contribution < -0.4 is 0 Å². The Kier molecular flexibility index (Phi) is 3.40. The van der Waals surface area contributed by atoms with E-state index in [4.69, 9.17) is 0 Å². The molecular formula is C14H17NO. The van der Waals surface area contributed by atoms with E-state index in [0.717, 1.165) is 37.1 Å². The lowest BCUT2D eigenvalue weighted by molar-refractivity contribution is 0.0724. The van der Waals surface area contributed by atoms with Crippen LogP contribution in [-0.2, 0) is 0 Å². The summed E-state index contributed by atoms with van der Waals surface area (Å²) in [6.45, 7) is 5.52. The largest absolute Gasteiger partial charge is 0.339 e. The first-order valence-corrected chi connectivity index (χ1v) is 5.83. The molecule has 1 saturated heterocycles. The number of nitrogens with zero attached hydrogens (tertiary/aromatic N) is 1. The molecule has 1 fully saturated rings. The van der Waals surface area contributed by atoms with Crippen LogP contribution in [0.2, 0.25) is 0 Å². The van der Waals surface area contributed by atoms with Gasteiger partial charge in [0, 0.05) is 18.7 Å². The maximum Gasteiger partial charge on any atom is 0.253 e. The van der Waals surface area contributed by atoms with Crippen molar-refractivity contribution in [3.63, 3.8) is 0 Å². The van der Waals surface area contributed by atoms with Crippen LogP contribution in [0.15, 0.2) is 30.8 Å². The van der Waals surface area contributed by atoms with Crippen molar-refractivity contribution in [2.45, 2.75) is 19.3 Å². The molecule has 0 atom stereocenters. The minimum Gasteiger partial charge on any atom is -0.339 e. The first kappa shape index (κ1) is 10.9. The summed E-state index contributed by atoms with van der Waals surface area (Å²) in [7, 11) is 0. The fourth-order valence-corrected chi connectivity index (χ4v) is 2.08. The molecule has 2 rings (SSSR count). The van der Waals surface area contributed by atoms with Crippen LogP contribution in [0.1, 0.15) is 35.2 Å². The Balaban J connectivity index is 2.15. The Labute approximate surface area is 96.6 Å². The van der Waals surface area contributed by atoms with Gasteiger partial charge in [0.2, 0.25) is 0 Å². The molecular weight excluding hydrogens is 198 g/mol. The summed E-state index contributed by atoms with van der Waals surface area (Å²) < 4.78 is 0. The van der Waals surface area contributed by atoms with Crippen molar-refractivity contribution >= 4 is 12.0 Å². The summed E-state index contributed by atoms with van der Waals surface area (Å²) in [5, 5.41) is 0. The average molecular weight is 215 g/mol. The molecule has 1 aliphatic heterocycles. The second-order valence-corrected chi connectivity index (χ2v) is 4.18. The molecule has 0 radical (unpaired) electrons. The van der Waals surface area contributed by atoms with Gasteiger partial charge in [-0.2, -0.15) is 0 Å². The molecule has 0 saturated carbocycles. The molecule has 0 spiro atoms. The van der Waals surface area contributed by atoms with Gasteiger partial charge >= 0.3 is 0 Å². The van der Waals surface area contributed by atoms with E-state index >= 15 is 0 Å². The molecule has 84 valence electrons. The third-order valence-electron chi connectivity index (χ3n) is 3.01. The highest BCUT2D eigenvalue weighted by Gasteiger charge is 2.17. The Morgan fingerprint density at radius 1 is 1.25 bits per heavy atom. The molecule has 0 aromatic heterocycles. The summed E-state index contributed by atoms with van der Waals surface area (Å²) in [6, 6.07) is 7.65. The standard InChI is InChI=1S/C14H17NO/c1-2-12-7-6-8-13(11-12)14(16)15-9-4-3-5-10-15/h2,6-8,11H,1,3-5,9-10H2. The number of piperidine rings is 1. The minimum atomic E-state index is 0.156. The maximum atomic E-state index is 12.2. The highest BCUT2D eigenvalue weighted by atomic mass is 16.2. The van der Waals surface area contributed by atoms with Crippen LogP contribution >= 0.6 is 0 Å². The van der Waals surface area contributed by atoms with Gasteiger partial charge in [0.05, 0.1) is 0 Å². The molecule has 1 aliphatic rings. The smallest absolute Gasteiger partial charge is 0.253 e. The lowest BCUT2D eigenvalue weighted by Gasteiger charge is -2.26. The van der Waals surface area contributed by atoms with Gasteiger partial charge in [0.15, 0.2) is 0 Å². The zero-order valence-corrected chi connectivity index (χ0v) is 9.48. The number of hydrogen-bond donors (Lipinski definition) is 0. The molecule has 1 heterocycles. The first-order valence-electron chi connectivity index (χ1n) is 5.83. The highest BCUT2D eigenvalue weighted by Crippen LogP contribution is 2.14. The molecule has 2 heteroatoms. The second kappa shape index (κ2) is 4.97. The lowest BCUT2D eigenvalue weighted by atomic mass is 10.1. The fourth-order valence-electron chi connectivity index (χ4n) is 2.08. The normalized spacial score (nSPS) is 15.9. The van der Waals surface area contributed by atoms with E-state index in [1.807, 2.05) is 29.2 Å². The highest BCUT2D eigenvalue weighted by molar-refractivity contribution is 5.94. The van der Waals surface area contributed by atoms with Gasteiger partial charge in [-0.3, -0.25) is 4.79 Å². The number of rotatable bonds is 2. The van der Waals surface area contributed by atoms with Crippen LogP contribution in [-0.4, -0.2) is 23.9 Å². The van der Waals surface area contributed by atoms with Gasteiger partial charge in [0.25, 0.3) is 5.91 Å². The molecule has 1 aromatic rings. The van der Waals surface area contributed by atoms with Crippen molar-refractivity contribution in [1.29, 1.82) is 0 Å². The molecule has 16 heavy (non-hydrogen) atoms. The van der Waals surface area contributed by atoms with E-state index in [1.54, 1.807) is 6.08 Å². The van der Waals surface area contributed by atoms with E-state index in [9.17, 15) is 4.79 Å². The van der Waals surface area contributed by atoms with Gasteiger partial charge in [0.1, 0.15) is 0 Å². The van der Waals surface area contributed by atoms with Crippen molar-refractivity contribution in [2.75, 3.05) is 13.1 Å². The number of hydrogen-bond acceptors (Lipinski definition) is 1. The summed E-state index contributed by atoms with van der Waals surface area (Å²) >= 11 is 0. The Bertz CT molecular complexity index is 391. The van der Waals surface area contributed by atoms with Crippen LogP contribution in [0.4, 0.5) is 0 Å². The predicted octanol–water partition coefficient (Wildman–Crippen LogP) is 2.96. The molecule has 1 aromatic carbocycles. The second-order valence-electron chi connectivity index (χ2n) is 4.18. The minimum absolute atomic E-state index is 0.156. The predicted molar refractivity (Wildman–Crippen MR) is 66.3 cm³/mol. The summed E-state index contributed by atoms with van der Waals surface area (Å²) in [4.78, 5) is 14.1. The average Bonchev–Trinajstić information content (AvgIpc) is 2.39. The Hall–Kier alpha value is -1.57. The summed E-state index contributed by atoms with van der Waals surface area (Å²) in [6.07, 6.45) is 5.28. The van der Waals surface area contributed by atoms with Gasteiger partial charge in [-0.15, -0.1) is 0 Å². The summed E-state index contributed by atoms with van der Waals surface area (Å²) in [5.41, 5.74) is 1.78. The number of likely N-dealkylation sites (tertiary alicyclic amines) is 1. The number of benzene rings is 1. The topological polar surface area (TPSA) is 20.3 Å². The molecule has 2 nitrogen and oxygen atoms in total. The molecule has 0 aliphatic carbocycles. The van der Waals surface area contributed by atoms with Crippen LogP contribution in [0.3, 0.4) is 0 Å². The molecule has 0 bridgehead atoms. The number of carbonyl (C=O) groups excluding carboxylic acids is 1. The van der Waals surface area contributed by atoms with Crippen LogP contribution in [0.5, 0.6) is 0 Å². The number of carbonyl (C=O) groups is 1. The molecule has 0 unspecified atom stereocenters. The zero-order chi connectivity index (χ0) is 11.4. The lowest BCUT2D eigenvalue weighted by Crippen LogP contribution is -2.35. The number of amides is 1. The summed E-state index contributed by atoms with van der Waals surface area (Å²) in [5.74, 6) is 0.156. The Morgan fingerprint density at radius 2 is 2.00 bits per heavy atom.